The monoisotopic (exact) mass is 379 g/mol. The molecule has 2 heterocycles. The van der Waals surface area contributed by atoms with E-state index >= 15 is 0 Å². The van der Waals surface area contributed by atoms with Crippen LogP contribution in [0.4, 0.5) is 5.69 Å². The standard InChI is InChI=1S/C24H17N3O2/c1-16-24(23(29)27(26-16)18-11-6-3-7-12-18)20(17-9-4-2-5-10-17)15-21(28)19-13-8-14-25-22(19)24/h2-15H,1H3/t24-/m1/s1. The number of fused-ring (bicyclic) bond motifs is 2. The summed E-state index contributed by atoms with van der Waals surface area (Å²) in [7, 11) is 0. The van der Waals surface area contributed by atoms with E-state index < -0.39 is 5.41 Å². The van der Waals surface area contributed by atoms with Gasteiger partial charge in [0.25, 0.3) is 5.91 Å². The molecule has 1 amide bonds. The van der Waals surface area contributed by atoms with Gasteiger partial charge in [-0.05, 0) is 48.4 Å². The van der Waals surface area contributed by atoms with Gasteiger partial charge >= 0.3 is 0 Å². The molecule has 2 aromatic carbocycles. The van der Waals surface area contributed by atoms with Crippen molar-refractivity contribution in [2.75, 3.05) is 5.01 Å². The summed E-state index contributed by atoms with van der Waals surface area (Å²) < 4.78 is 0. The normalized spacial score (nSPS) is 20.5. The van der Waals surface area contributed by atoms with Crippen molar-refractivity contribution in [1.29, 1.82) is 0 Å². The van der Waals surface area contributed by atoms with Crippen LogP contribution in [0.1, 0.15) is 28.5 Å². The maximum Gasteiger partial charge on any atom is 0.270 e. The molecule has 0 saturated heterocycles. The first-order valence-electron chi connectivity index (χ1n) is 9.36. The van der Waals surface area contributed by atoms with E-state index in [2.05, 4.69) is 10.1 Å². The van der Waals surface area contributed by atoms with Crippen LogP contribution in [0.5, 0.6) is 0 Å². The molecule has 1 aliphatic carbocycles. The third-order valence-corrected chi connectivity index (χ3v) is 5.50. The van der Waals surface area contributed by atoms with Gasteiger partial charge in [-0.2, -0.15) is 10.1 Å². The number of nitrogens with zero attached hydrogens (tertiary/aromatic N) is 3. The maximum atomic E-state index is 14.0. The Hall–Kier alpha value is -3.86. The average molecular weight is 379 g/mol. The number of aromatic nitrogens is 1. The molecule has 1 atom stereocenters. The molecule has 2 aliphatic rings. The molecule has 1 aromatic heterocycles. The number of anilines is 1. The highest BCUT2D eigenvalue weighted by atomic mass is 16.2. The molecule has 0 N–H and O–H groups in total. The van der Waals surface area contributed by atoms with Crippen molar-refractivity contribution in [3.8, 4) is 0 Å². The van der Waals surface area contributed by atoms with Gasteiger partial charge in [-0.15, -0.1) is 0 Å². The summed E-state index contributed by atoms with van der Waals surface area (Å²) in [6.45, 7) is 1.83. The Kier molecular flexibility index (Phi) is 3.77. The number of pyridine rings is 1. The topological polar surface area (TPSA) is 62.6 Å². The van der Waals surface area contributed by atoms with Gasteiger partial charge in [0.2, 0.25) is 0 Å². The molecular weight excluding hydrogens is 362 g/mol. The van der Waals surface area contributed by atoms with Crippen molar-refractivity contribution < 1.29 is 9.59 Å². The van der Waals surface area contributed by atoms with Crippen LogP contribution in [0.3, 0.4) is 0 Å². The van der Waals surface area contributed by atoms with E-state index in [9.17, 15) is 9.59 Å². The second-order valence-corrected chi connectivity index (χ2v) is 7.08. The van der Waals surface area contributed by atoms with Crippen molar-refractivity contribution in [2.24, 2.45) is 5.10 Å². The lowest BCUT2D eigenvalue weighted by molar-refractivity contribution is -0.119. The number of hydrogen-bond donors (Lipinski definition) is 0. The van der Waals surface area contributed by atoms with Gasteiger partial charge in [0, 0.05) is 11.8 Å². The zero-order valence-electron chi connectivity index (χ0n) is 15.7. The molecule has 0 unspecified atom stereocenters. The van der Waals surface area contributed by atoms with E-state index in [0.717, 1.165) is 5.56 Å². The van der Waals surface area contributed by atoms with Gasteiger partial charge < -0.3 is 0 Å². The number of ketones is 1. The number of amides is 1. The summed E-state index contributed by atoms with van der Waals surface area (Å²) in [4.78, 5) is 31.4. The summed E-state index contributed by atoms with van der Waals surface area (Å²) in [5, 5.41) is 6.04. The molecule has 5 nitrogen and oxygen atoms in total. The smallest absolute Gasteiger partial charge is 0.270 e. The lowest BCUT2D eigenvalue weighted by Crippen LogP contribution is -2.47. The fourth-order valence-corrected chi connectivity index (χ4v) is 4.18. The second-order valence-electron chi connectivity index (χ2n) is 7.08. The Labute approximate surface area is 168 Å². The first kappa shape index (κ1) is 17.3. The Morgan fingerprint density at radius 3 is 2.28 bits per heavy atom. The quantitative estimate of drug-likeness (QED) is 0.676. The number of benzene rings is 2. The zero-order valence-corrected chi connectivity index (χ0v) is 15.7. The third-order valence-electron chi connectivity index (χ3n) is 5.50. The van der Waals surface area contributed by atoms with Crippen LogP contribution < -0.4 is 5.01 Å². The molecule has 1 aliphatic heterocycles. The number of hydrogen-bond acceptors (Lipinski definition) is 4. The van der Waals surface area contributed by atoms with Gasteiger partial charge in [0.1, 0.15) is 0 Å². The lowest BCUT2D eigenvalue weighted by Gasteiger charge is -2.34. The predicted octanol–water partition coefficient (Wildman–Crippen LogP) is 4.02. The minimum atomic E-state index is -1.23. The van der Waals surface area contributed by atoms with Crippen LogP contribution in [-0.4, -0.2) is 22.4 Å². The van der Waals surface area contributed by atoms with Crippen molar-refractivity contribution in [2.45, 2.75) is 12.3 Å². The molecule has 5 rings (SSSR count). The third kappa shape index (κ3) is 2.34. The van der Waals surface area contributed by atoms with Crippen LogP contribution in [-0.2, 0) is 10.2 Å². The molecule has 0 radical (unpaired) electrons. The predicted molar refractivity (Wildman–Crippen MR) is 112 cm³/mol. The van der Waals surface area contributed by atoms with Crippen LogP contribution in [0.2, 0.25) is 0 Å². The van der Waals surface area contributed by atoms with Gasteiger partial charge in [0.15, 0.2) is 11.2 Å². The van der Waals surface area contributed by atoms with E-state index in [1.54, 1.807) is 24.4 Å². The van der Waals surface area contributed by atoms with E-state index in [4.69, 9.17) is 0 Å². The van der Waals surface area contributed by atoms with E-state index in [1.165, 1.54) is 5.01 Å². The number of para-hydroxylation sites is 1. The zero-order chi connectivity index (χ0) is 20.0. The van der Waals surface area contributed by atoms with Gasteiger partial charge in [-0.1, -0.05) is 48.5 Å². The highest BCUT2D eigenvalue weighted by Crippen LogP contribution is 2.48. The molecule has 5 heteroatoms. The summed E-state index contributed by atoms with van der Waals surface area (Å²) in [6, 6.07) is 22.2. The highest BCUT2D eigenvalue weighted by molar-refractivity contribution is 6.34. The fourth-order valence-electron chi connectivity index (χ4n) is 4.18. The second kappa shape index (κ2) is 6.34. The lowest BCUT2D eigenvalue weighted by atomic mass is 9.66. The van der Waals surface area contributed by atoms with Crippen LogP contribution in [0.25, 0.3) is 5.57 Å². The number of rotatable bonds is 2. The van der Waals surface area contributed by atoms with Crippen LogP contribution >= 0.6 is 0 Å². The number of carbonyl (C=O) groups is 2. The first-order valence-corrected chi connectivity index (χ1v) is 9.36. The largest absolute Gasteiger partial charge is 0.289 e. The minimum Gasteiger partial charge on any atom is -0.289 e. The number of allylic oxidation sites excluding steroid dienone is 1. The molecule has 29 heavy (non-hydrogen) atoms. The van der Waals surface area contributed by atoms with Gasteiger partial charge in [-0.3, -0.25) is 14.6 Å². The number of carbonyl (C=O) groups excluding carboxylic acids is 2. The van der Waals surface area contributed by atoms with Crippen LogP contribution in [0.15, 0.2) is 90.2 Å². The van der Waals surface area contributed by atoms with Crippen LogP contribution in [0, 0.1) is 0 Å². The summed E-state index contributed by atoms with van der Waals surface area (Å²) in [6.07, 6.45) is 3.18. The Morgan fingerprint density at radius 1 is 0.862 bits per heavy atom. The Balaban J connectivity index is 1.80. The van der Waals surface area contributed by atoms with E-state index in [-0.39, 0.29) is 11.7 Å². The molecule has 0 saturated carbocycles. The molecule has 1 spiro atoms. The fraction of sp³-hybridized carbons (Fsp3) is 0.0833. The SMILES string of the molecule is CC1=NN(c2ccccc2)C(=O)[C@@]12C(c1ccccc1)=CC(=O)c1cccnc12. The van der Waals surface area contributed by atoms with Crippen molar-refractivity contribution in [1.82, 2.24) is 4.98 Å². The summed E-state index contributed by atoms with van der Waals surface area (Å²) in [5.41, 5.74) is 2.32. The minimum absolute atomic E-state index is 0.156. The van der Waals surface area contributed by atoms with Crippen molar-refractivity contribution in [3.05, 3.63) is 102 Å². The van der Waals surface area contributed by atoms with E-state index in [0.29, 0.717) is 28.2 Å². The first-order chi connectivity index (χ1) is 14.1. The van der Waals surface area contributed by atoms with Crippen molar-refractivity contribution >= 4 is 28.7 Å². The summed E-state index contributed by atoms with van der Waals surface area (Å²) >= 11 is 0. The van der Waals surface area contributed by atoms with E-state index in [1.807, 2.05) is 67.6 Å². The van der Waals surface area contributed by atoms with Gasteiger partial charge in [-0.25, -0.2) is 0 Å². The Morgan fingerprint density at radius 2 is 1.55 bits per heavy atom. The average Bonchev–Trinajstić information content (AvgIpc) is 3.03. The molecular formula is C24H17N3O2. The number of hydrazone groups is 1. The molecule has 3 aromatic rings. The molecule has 0 fully saturated rings. The van der Waals surface area contributed by atoms with Gasteiger partial charge in [0.05, 0.1) is 17.1 Å². The van der Waals surface area contributed by atoms with Crippen molar-refractivity contribution in [3.63, 3.8) is 0 Å². The maximum absolute atomic E-state index is 14.0. The molecule has 0 bridgehead atoms. The Bertz CT molecular complexity index is 1200. The summed E-state index contributed by atoms with van der Waals surface area (Å²) in [5.74, 6) is -0.389. The molecule has 140 valence electrons. The highest BCUT2D eigenvalue weighted by Gasteiger charge is 2.57.